The number of carboxylic acids is 3. The number of carboxylic acid groups (broad SMARTS) is 3. The molecule has 2 atom stereocenters. The maximum absolute atomic E-state index is 10.6. The van der Waals surface area contributed by atoms with Gasteiger partial charge in [-0.3, -0.25) is 14.4 Å². The van der Waals surface area contributed by atoms with Crippen LogP contribution in [-0.4, -0.2) is 61.8 Å². The molecular formula is C24H29N5O6. The number of aromatic nitrogens is 2. The lowest BCUT2D eigenvalue weighted by atomic mass is 10.1. The molecule has 0 saturated carbocycles. The Labute approximate surface area is 200 Å². The summed E-state index contributed by atoms with van der Waals surface area (Å²) in [6, 6.07) is 13.8. The van der Waals surface area contributed by atoms with Gasteiger partial charge < -0.3 is 42.5 Å². The largest absolute Gasteiger partial charge is 0.480 e. The van der Waals surface area contributed by atoms with Gasteiger partial charge in [-0.1, -0.05) is 36.4 Å². The molecule has 11 N–H and O–H groups in total. The summed E-state index contributed by atoms with van der Waals surface area (Å²) in [5.41, 5.74) is 19.4. The van der Waals surface area contributed by atoms with E-state index in [0.29, 0.717) is 12.8 Å². The molecule has 35 heavy (non-hydrogen) atoms. The summed E-state index contributed by atoms with van der Waals surface area (Å²) in [6.07, 6.45) is 4.32. The van der Waals surface area contributed by atoms with Gasteiger partial charge in [-0.15, -0.1) is 0 Å². The maximum Gasteiger partial charge on any atom is 0.320 e. The second-order valence-electron chi connectivity index (χ2n) is 7.61. The Morgan fingerprint density at radius 3 is 1.37 bits per heavy atom. The fourth-order valence-corrected chi connectivity index (χ4v) is 3.25. The van der Waals surface area contributed by atoms with Crippen LogP contribution in [0.25, 0.3) is 21.8 Å². The minimum Gasteiger partial charge on any atom is -0.480 e. The number of aliphatic carboxylic acids is 3. The van der Waals surface area contributed by atoms with E-state index in [1.54, 1.807) is 0 Å². The van der Waals surface area contributed by atoms with Crippen LogP contribution in [0.1, 0.15) is 11.1 Å². The number of hydrogen-bond acceptors (Lipinski definition) is 6. The number of nitrogens with two attached hydrogens (primary N) is 3. The molecule has 0 aliphatic heterocycles. The van der Waals surface area contributed by atoms with Crippen molar-refractivity contribution in [1.29, 1.82) is 0 Å². The predicted octanol–water partition coefficient (Wildman–Crippen LogP) is 1.27. The lowest BCUT2D eigenvalue weighted by Crippen LogP contribution is -2.32. The van der Waals surface area contributed by atoms with E-state index < -0.39 is 30.0 Å². The van der Waals surface area contributed by atoms with Gasteiger partial charge in [0.05, 0.1) is 6.54 Å². The van der Waals surface area contributed by atoms with Gasteiger partial charge in [-0.25, -0.2) is 0 Å². The predicted molar refractivity (Wildman–Crippen MR) is 132 cm³/mol. The number of para-hydroxylation sites is 2. The van der Waals surface area contributed by atoms with Crippen LogP contribution in [0.2, 0.25) is 0 Å². The minimum absolute atomic E-state index is 0.278. The lowest BCUT2D eigenvalue weighted by Gasteiger charge is -2.04. The summed E-state index contributed by atoms with van der Waals surface area (Å²) in [5, 5.41) is 27.1. The van der Waals surface area contributed by atoms with Gasteiger partial charge in [-0.05, 0) is 23.3 Å². The number of fused-ring (bicyclic) bond motifs is 2. The number of benzene rings is 2. The average molecular weight is 484 g/mol. The molecule has 2 heterocycles. The van der Waals surface area contributed by atoms with Crippen LogP contribution in [0.5, 0.6) is 0 Å². The van der Waals surface area contributed by atoms with E-state index in [2.05, 4.69) is 15.7 Å². The van der Waals surface area contributed by atoms with Crippen LogP contribution < -0.4 is 17.2 Å². The highest BCUT2D eigenvalue weighted by molar-refractivity contribution is 5.85. The molecule has 2 aromatic carbocycles. The third-order valence-electron chi connectivity index (χ3n) is 5.04. The first-order valence-corrected chi connectivity index (χ1v) is 10.6. The molecule has 0 aliphatic rings. The van der Waals surface area contributed by atoms with Crippen LogP contribution in [0.15, 0.2) is 60.9 Å². The molecule has 4 aromatic rings. The van der Waals surface area contributed by atoms with E-state index in [9.17, 15) is 14.4 Å². The highest BCUT2D eigenvalue weighted by Gasteiger charge is 2.15. The Kier molecular flexibility index (Phi) is 9.97. The first-order valence-electron chi connectivity index (χ1n) is 10.6. The molecule has 4 rings (SSSR count). The number of rotatable bonds is 7. The highest BCUT2D eigenvalue weighted by Crippen LogP contribution is 2.19. The summed E-state index contributed by atoms with van der Waals surface area (Å²) in [7, 11) is 0. The Hall–Kier alpha value is -4.19. The van der Waals surface area contributed by atoms with Crippen LogP contribution in [0.4, 0.5) is 0 Å². The minimum atomic E-state index is -0.972. The Bertz CT molecular complexity index is 1190. The SMILES string of the molecule is NCC(=O)O.N[C@@H](Cc1c[nH]c2ccccc12)C(=O)O.N[C@@H](Cc1c[nH]c2ccccc12)C(=O)O. The van der Waals surface area contributed by atoms with Gasteiger partial charge in [0, 0.05) is 47.0 Å². The van der Waals surface area contributed by atoms with Gasteiger partial charge in [0.15, 0.2) is 0 Å². The summed E-state index contributed by atoms with van der Waals surface area (Å²) in [4.78, 5) is 36.7. The topological polar surface area (TPSA) is 222 Å². The van der Waals surface area contributed by atoms with E-state index in [0.717, 1.165) is 32.9 Å². The number of carbonyl (C=O) groups is 3. The molecule has 0 aliphatic carbocycles. The Morgan fingerprint density at radius 1 is 0.714 bits per heavy atom. The Balaban J connectivity index is 0.000000208. The maximum atomic E-state index is 10.6. The molecule has 2 aromatic heterocycles. The Morgan fingerprint density at radius 2 is 1.06 bits per heavy atom. The van der Waals surface area contributed by atoms with E-state index in [4.69, 9.17) is 26.8 Å². The lowest BCUT2D eigenvalue weighted by molar-refractivity contribution is -0.139. The first kappa shape index (κ1) is 27.1. The first-order chi connectivity index (χ1) is 16.6. The molecule has 0 unspecified atom stereocenters. The van der Waals surface area contributed by atoms with Crippen molar-refractivity contribution in [1.82, 2.24) is 9.97 Å². The standard InChI is InChI=1S/2C11H12N2O2.C2H5NO2/c2*12-9(11(14)15)5-7-6-13-10-4-2-1-3-8(7)10;3-1-2(4)5/h2*1-4,6,9,13H,5,12H2,(H,14,15);1,3H2,(H,4,5)/t2*9-;/m00./s1. The van der Waals surface area contributed by atoms with Crippen molar-refractivity contribution in [3.05, 3.63) is 72.1 Å². The number of hydrogen-bond donors (Lipinski definition) is 8. The number of nitrogens with one attached hydrogen (secondary N) is 2. The summed E-state index contributed by atoms with van der Waals surface area (Å²) >= 11 is 0. The molecular weight excluding hydrogens is 454 g/mol. The average Bonchev–Trinajstić information content (AvgIpc) is 3.44. The zero-order valence-corrected chi connectivity index (χ0v) is 18.8. The third-order valence-corrected chi connectivity index (χ3v) is 5.04. The zero-order chi connectivity index (χ0) is 26.0. The monoisotopic (exact) mass is 483 g/mol. The van der Waals surface area contributed by atoms with E-state index >= 15 is 0 Å². The number of aromatic amines is 2. The molecule has 0 fully saturated rings. The third kappa shape index (κ3) is 7.96. The zero-order valence-electron chi connectivity index (χ0n) is 18.8. The van der Waals surface area contributed by atoms with E-state index in [-0.39, 0.29) is 6.54 Å². The van der Waals surface area contributed by atoms with Crippen molar-refractivity contribution < 1.29 is 29.7 Å². The molecule has 0 amide bonds. The van der Waals surface area contributed by atoms with Gasteiger partial charge in [0.1, 0.15) is 12.1 Å². The van der Waals surface area contributed by atoms with Crippen molar-refractivity contribution in [2.24, 2.45) is 17.2 Å². The fraction of sp³-hybridized carbons (Fsp3) is 0.208. The molecule has 0 bridgehead atoms. The van der Waals surface area contributed by atoms with Crippen molar-refractivity contribution in [2.45, 2.75) is 24.9 Å². The second-order valence-corrected chi connectivity index (χ2v) is 7.61. The second kappa shape index (κ2) is 12.9. The summed E-state index contributed by atoms with van der Waals surface area (Å²) < 4.78 is 0. The highest BCUT2D eigenvalue weighted by atomic mass is 16.4. The van der Waals surface area contributed by atoms with Gasteiger partial charge in [0.25, 0.3) is 0 Å². The van der Waals surface area contributed by atoms with Crippen LogP contribution in [0.3, 0.4) is 0 Å². The quantitative estimate of drug-likeness (QED) is 0.189. The van der Waals surface area contributed by atoms with E-state index in [1.165, 1.54) is 0 Å². The van der Waals surface area contributed by atoms with Gasteiger partial charge in [0.2, 0.25) is 0 Å². The molecule has 0 radical (unpaired) electrons. The smallest absolute Gasteiger partial charge is 0.320 e. The molecule has 0 saturated heterocycles. The molecule has 11 nitrogen and oxygen atoms in total. The van der Waals surface area contributed by atoms with Crippen molar-refractivity contribution >= 4 is 39.7 Å². The number of H-pyrrole nitrogens is 2. The van der Waals surface area contributed by atoms with E-state index in [1.807, 2.05) is 60.9 Å². The van der Waals surface area contributed by atoms with Crippen LogP contribution >= 0.6 is 0 Å². The molecule has 11 heteroatoms. The summed E-state index contributed by atoms with van der Waals surface area (Å²) in [5.74, 6) is -2.91. The van der Waals surface area contributed by atoms with Crippen LogP contribution in [0, 0.1) is 0 Å². The normalized spacial score (nSPS) is 12.1. The van der Waals surface area contributed by atoms with Crippen molar-refractivity contribution in [3.8, 4) is 0 Å². The van der Waals surface area contributed by atoms with Gasteiger partial charge in [-0.2, -0.15) is 0 Å². The van der Waals surface area contributed by atoms with Crippen molar-refractivity contribution in [3.63, 3.8) is 0 Å². The van der Waals surface area contributed by atoms with Crippen molar-refractivity contribution in [2.75, 3.05) is 6.54 Å². The fourth-order valence-electron chi connectivity index (χ4n) is 3.25. The molecule has 186 valence electrons. The van der Waals surface area contributed by atoms with Gasteiger partial charge >= 0.3 is 17.9 Å². The van der Waals surface area contributed by atoms with Crippen LogP contribution in [-0.2, 0) is 27.2 Å². The summed E-state index contributed by atoms with van der Waals surface area (Å²) in [6.45, 7) is -0.278. The molecule has 0 spiro atoms.